The van der Waals surface area contributed by atoms with Crippen LogP contribution in [0.15, 0.2) is 121 Å². The van der Waals surface area contributed by atoms with Gasteiger partial charge in [0, 0.05) is 59.4 Å². The molecule has 65 heavy (non-hydrogen) atoms. The second kappa shape index (κ2) is 18.0. The SMILES string of the molecule is [2H]/C(=C\[C@H]1c2cc([2H])c([2H])c([2H])c2C2C([2H])C([2H])C(c3c([2H])c([2H])c([2H])c([2H])c3[2H])C([2H])C21)C([2H])C([2H])C1CN(C2CC(C)C([2H])C([2H])C2[2H])C2C3CC4C([2H])C(c5nc(-c6c([2H])c([2H])c([2H])c([2H])c6[2H])nc(-c6c([2H])c([2H])c([2H])c([2H])c6C)n5)C([2H])C([2H])C4C3C([2H])C([2H])C12. The Morgan fingerprint density at radius 3 is 2.37 bits per heavy atom. The van der Waals surface area contributed by atoms with Crippen LogP contribution in [0.5, 0.6) is 0 Å². The van der Waals surface area contributed by atoms with Gasteiger partial charge in [0.2, 0.25) is 0 Å². The normalized spacial score (nSPS) is 55.6. The Hall–Kier alpha value is -4.41. The second-order valence-corrected chi connectivity index (χ2v) is 18.7. The molecule has 0 amide bonds. The maximum absolute atomic E-state index is 10.2. The van der Waals surface area contributed by atoms with E-state index in [-0.39, 0.29) is 53.0 Å². The summed E-state index contributed by atoms with van der Waals surface area (Å²) in [7, 11) is 0. The Labute approximate surface area is 433 Å². The summed E-state index contributed by atoms with van der Waals surface area (Å²) < 4.78 is 283. The third-order valence-electron chi connectivity index (χ3n) is 15.1. The number of likely N-dealkylation sites (tertiary alicyclic amines) is 1. The Morgan fingerprint density at radius 2 is 1.48 bits per heavy atom. The predicted molar refractivity (Wildman–Crippen MR) is 266 cm³/mol. The first-order valence-electron chi connectivity index (χ1n) is 39.4. The van der Waals surface area contributed by atoms with Crippen LogP contribution in [0.2, 0.25) is 0 Å². The lowest BCUT2D eigenvalue weighted by Crippen LogP contribution is -2.49. The minimum absolute atomic E-state index is 0.0241. The molecule has 12 rings (SSSR count). The molecule has 6 aliphatic carbocycles. The van der Waals surface area contributed by atoms with E-state index in [1.165, 1.54) is 19.1 Å². The van der Waals surface area contributed by atoms with Gasteiger partial charge in [-0.1, -0.05) is 141 Å². The van der Waals surface area contributed by atoms with Crippen molar-refractivity contribution in [1.29, 1.82) is 0 Å². The molecule has 4 heteroatoms. The van der Waals surface area contributed by atoms with E-state index in [0.717, 1.165) is 0 Å². The molecule has 4 nitrogen and oxygen atoms in total. The van der Waals surface area contributed by atoms with Gasteiger partial charge in [0.05, 0.1) is 24.7 Å². The lowest BCUT2D eigenvalue weighted by molar-refractivity contribution is 0.0299. The second-order valence-electron chi connectivity index (χ2n) is 18.7. The van der Waals surface area contributed by atoms with E-state index < -0.39 is 292 Å². The van der Waals surface area contributed by atoms with Gasteiger partial charge in [-0.15, -0.1) is 0 Å². The molecule has 4 aromatic carbocycles. The topological polar surface area (TPSA) is 41.9 Å². The van der Waals surface area contributed by atoms with Crippen LogP contribution in [0.1, 0.15) is 197 Å². The lowest BCUT2D eigenvalue weighted by Gasteiger charge is -2.46. The van der Waals surface area contributed by atoms with E-state index in [1.54, 1.807) is 6.92 Å². The molecule has 0 N–H and O–H groups in total. The van der Waals surface area contributed by atoms with Gasteiger partial charge >= 0.3 is 0 Å². The number of allylic oxidation sites excluding steroid dienone is 2. The molecule has 336 valence electrons. The van der Waals surface area contributed by atoms with Gasteiger partial charge in [0.15, 0.2) is 11.6 Å². The monoisotopic (exact) mass is 892 g/mol. The molecule has 0 bridgehead atoms. The maximum Gasteiger partial charge on any atom is 0.163 e. The van der Waals surface area contributed by atoms with E-state index in [4.69, 9.17) is 26.0 Å². The van der Waals surface area contributed by atoms with Crippen molar-refractivity contribution in [2.45, 2.75) is 146 Å². The highest BCUT2D eigenvalue weighted by atomic mass is 15.2. The Bertz CT molecular complexity index is 3830. The van der Waals surface area contributed by atoms with Gasteiger partial charge in [-0.05, 0) is 172 Å². The minimum Gasteiger partial charge on any atom is -0.297 e. The zero-order valence-electron chi connectivity index (χ0n) is 67.2. The fourth-order valence-electron chi connectivity index (χ4n) is 12.2. The van der Waals surface area contributed by atoms with Crippen molar-refractivity contribution in [1.82, 2.24) is 19.9 Å². The maximum atomic E-state index is 10.2. The summed E-state index contributed by atoms with van der Waals surface area (Å²) in [5, 5.41) is 0. The molecular formula is C61H72N4. The van der Waals surface area contributed by atoms with Crippen LogP contribution < -0.4 is 0 Å². The summed E-state index contributed by atoms with van der Waals surface area (Å²) in [6.07, 6.45) is -16.9. The van der Waals surface area contributed by atoms with Crippen molar-refractivity contribution in [2.75, 3.05) is 6.54 Å². The van der Waals surface area contributed by atoms with Crippen molar-refractivity contribution in [3.05, 3.63) is 149 Å². The van der Waals surface area contributed by atoms with Crippen LogP contribution in [-0.2, 0) is 0 Å². The average molecular weight is 892 g/mol. The molecule has 1 saturated heterocycles. The van der Waals surface area contributed by atoms with E-state index >= 15 is 0 Å². The smallest absolute Gasteiger partial charge is 0.163 e. The zero-order chi connectivity index (χ0) is 70.4. The van der Waals surface area contributed by atoms with Gasteiger partial charge in [0.25, 0.3) is 0 Å². The molecule has 6 fully saturated rings. The van der Waals surface area contributed by atoms with Crippen LogP contribution >= 0.6 is 0 Å². The highest BCUT2D eigenvalue weighted by Gasteiger charge is 2.57. The molecule has 5 saturated carbocycles. The molecule has 27 atom stereocenters. The zero-order valence-corrected chi connectivity index (χ0v) is 36.2. The first-order valence-corrected chi connectivity index (χ1v) is 22.9. The first kappa shape index (κ1) is 20.4. The Balaban J connectivity index is 0.934. The van der Waals surface area contributed by atoms with E-state index in [1.807, 2.05) is 4.90 Å². The molecule has 0 spiro atoms. The number of benzene rings is 4. The fourth-order valence-corrected chi connectivity index (χ4v) is 12.2. The third-order valence-corrected chi connectivity index (χ3v) is 15.1. The van der Waals surface area contributed by atoms with Crippen molar-refractivity contribution in [2.24, 2.45) is 47.3 Å². The van der Waals surface area contributed by atoms with Crippen LogP contribution in [0, 0.1) is 54.3 Å². The lowest BCUT2D eigenvalue weighted by atomic mass is 9.65. The minimum atomic E-state index is -1.78. The number of nitrogens with zero attached hydrogens (tertiary/aromatic N) is 4. The number of aromatic nitrogens is 3. The third kappa shape index (κ3) is 7.96. The van der Waals surface area contributed by atoms with Crippen molar-refractivity contribution >= 4 is 0 Å². The highest BCUT2D eigenvalue weighted by Crippen LogP contribution is 2.61. The van der Waals surface area contributed by atoms with E-state index in [2.05, 4.69) is 15.0 Å². The molecule has 1 aliphatic heterocycles. The first-order chi connectivity index (χ1) is 44.9. The Kier molecular flexibility index (Phi) is 5.66. The standard InChI is InChI=1S/C61H72N4/c1-39-16-15-23-47(34-39)65-38-45(22-10-12-27-53-51-25-13-14-26-52(51)55-31-28-43(36-56(53)55)41-18-5-3-6-19-41)50-32-33-54-49-30-29-44(35-46(49)37-57(54)58(50)65)60-62-59(42-20-7-4-8-21-42)63-61(64-60)48-24-11-9-17-40(48)2/h3-9,11-14,17-21,24-27,39,43-47,49-50,53-58H,10,15-16,22-23,28-38H2,1-2H3/b27-12+/t39?,43?,44?,45?,46?,47?,49?,50?,53-,54?,55?,56?,57?,58?/m0/s1/i3D,4D,5D,6D,7D,8D,9D,10D,11D,12D,13D,14D,15D,16D,17D,18D,19D,20D,21D,22D,23D,24D,26D,28D,29D,30D,31D,32D,33D,35D,36D/t10?,15?,16?,22?,23?,28?,29?,30?,31?,32?,33?,35?,36?,39?,43?,44?,45?,46?,47?,49?,50?,53-,54?,55?,56?,57?,58?. The molecule has 1 aromatic heterocycles. The van der Waals surface area contributed by atoms with Crippen LogP contribution in [0.4, 0.5) is 0 Å². The molecule has 7 aliphatic rings. The largest absolute Gasteiger partial charge is 0.297 e. The van der Waals surface area contributed by atoms with Crippen molar-refractivity contribution in [3.8, 4) is 22.8 Å². The number of fused-ring (bicyclic) bond motifs is 8. The predicted octanol–water partition coefficient (Wildman–Crippen LogP) is 14.7. The van der Waals surface area contributed by atoms with Gasteiger partial charge in [-0.2, -0.15) is 0 Å². The molecule has 2 heterocycles. The average Bonchev–Trinajstić information content (AvgIpc) is 1.54. The molecule has 0 radical (unpaired) electrons. The highest BCUT2D eigenvalue weighted by molar-refractivity contribution is 5.63. The summed E-state index contributed by atoms with van der Waals surface area (Å²) in [6.45, 7) is 3.12. The quantitative estimate of drug-likeness (QED) is 0.138. The number of hydrogen-bond acceptors (Lipinski definition) is 4. The Morgan fingerprint density at radius 1 is 0.708 bits per heavy atom. The summed E-state index contributed by atoms with van der Waals surface area (Å²) in [4.78, 5) is 15.8. The van der Waals surface area contributed by atoms with E-state index in [9.17, 15) is 16.4 Å². The number of hydrogen-bond donors (Lipinski definition) is 0. The molecule has 5 aromatic rings. The van der Waals surface area contributed by atoms with Crippen molar-refractivity contribution in [3.63, 3.8) is 0 Å². The summed E-state index contributed by atoms with van der Waals surface area (Å²) in [5.41, 5.74) is -0.872. The van der Waals surface area contributed by atoms with Gasteiger partial charge < -0.3 is 0 Å². The molecular weight excluding hydrogens is 789 g/mol. The van der Waals surface area contributed by atoms with Gasteiger partial charge in [-0.25, -0.2) is 15.0 Å². The summed E-state index contributed by atoms with van der Waals surface area (Å²) in [5.74, 6) is -13.5. The van der Waals surface area contributed by atoms with Crippen LogP contribution in [0.3, 0.4) is 0 Å². The van der Waals surface area contributed by atoms with Crippen molar-refractivity contribution < 1.29 is 42.5 Å². The van der Waals surface area contributed by atoms with Gasteiger partial charge in [0.1, 0.15) is 5.82 Å². The van der Waals surface area contributed by atoms with Crippen LogP contribution in [0.25, 0.3) is 22.8 Å². The molecule has 26 unspecified atom stereocenters. The number of rotatable bonds is 9. The summed E-state index contributed by atoms with van der Waals surface area (Å²) >= 11 is 0. The summed E-state index contributed by atoms with van der Waals surface area (Å²) in [6, 6.07) is -11.6. The fraction of sp³-hybridized carbons (Fsp3) is 0.525. The van der Waals surface area contributed by atoms with Gasteiger partial charge in [-0.3, -0.25) is 4.90 Å². The van der Waals surface area contributed by atoms with Crippen LogP contribution in [-0.4, -0.2) is 38.5 Å². The van der Waals surface area contributed by atoms with E-state index in [0.29, 0.717) is 0 Å².